The smallest absolute Gasteiger partial charge is 0.139 e. The number of nitrogens with one attached hydrogen (secondary N) is 1. The van der Waals surface area contributed by atoms with Gasteiger partial charge in [-0.1, -0.05) is 51.4 Å². The molecule has 3 rings (SSSR count). The lowest BCUT2D eigenvalue weighted by Crippen LogP contribution is -2.23. The fraction of sp³-hybridized carbons (Fsp3) is 0.737. The molecule has 2 aliphatic carbocycles. The second kappa shape index (κ2) is 7.85. The van der Waals surface area contributed by atoms with Crippen molar-refractivity contribution >= 4 is 5.69 Å². The summed E-state index contributed by atoms with van der Waals surface area (Å²) in [5, 5.41) is 3.77. The van der Waals surface area contributed by atoms with Crippen molar-refractivity contribution < 1.29 is 4.74 Å². The van der Waals surface area contributed by atoms with Gasteiger partial charge in [-0.05, 0) is 25.2 Å². The van der Waals surface area contributed by atoms with Crippen molar-refractivity contribution in [1.82, 2.24) is 4.98 Å². The number of pyridine rings is 1. The van der Waals surface area contributed by atoms with E-state index in [1.54, 1.807) is 7.11 Å². The molecule has 0 saturated heterocycles. The van der Waals surface area contributed by atoms with Gasteiger partial charge in [0.25, 0.3) is 0 Å². The van der Waals surface area contributed by atoms with Gasteiger partial charge in [-0.15, -0.1) is 0 Å². The Hall–Kier alpha value is -1.25. The summed E-state index contributed by atoms with van der Waals surface area (Å²) in [5.74, 6) is 1.69. The summed E-state index contributed by atoms with van der Waals surface area (Å²) in [6.45, 7) is 0. The van der Waals surface area contributed by atoms with Crippen LogP contribution in [0, 0.1) is 5.92 Å². The molecule has 2 saturated carbocycles. The third kappa shape index (κ3) is 4.15. The largest absolute Gasteiger partial charge is 0.495 e. The van der Waals surface area contributed by atoms with Gasteiger partial charge < -0.3 is 10.1 Å². The van der Waals surface area contributed by atoms with E-state index in [4.69, 9.17) is 9.72 Å². The zero-order valence-electron chi connectivity index (χ0n) is 13.9. The highest BCUT2D eigenvalue weighted by atomic mass is 16.5. The Labute approximate surface area is 134 Å². The Morgan fingerprint density at radius 1 is 1.05 bits per heavy atom. The van der Waals surface area contributed by atoms with Gasteiger partial charge in [0, 0.05) is 12.1 Å². The quantitative estimate of drug-likeness (QED) is 0.835. The van der Waals surface area contributed by atoms with Gasteiger partial charge in [0.15, 0.2) is 0 Å². The van der Waals surface area contributed by atoms with Crippen molar-refractivity contribution in [3.63, 3.8) is 0 Å². The van der Waals surface area contributed by atoms with Crippen LogP contribution < -0.4 is 10.1 Å². The van der Waals surface area contributed by atoms with E-state index in [-0.39, 0.29) is 0 Å². The summed E-state index contributed by atoms with van der Waals surface area (Å²) in [6.07, 6.45) is 16.6. The van der Waals surface area contributed by atoms with E-state index in [1.807, 2.05) is 6.20 Å². The van der Waals surface area contributed by atoms with Crippen molar-refractivity contribution in [2.75, 3.05) is 12.4 Å². The molecule has 3 nitrogen and oxygen atoms in total. The monoisotopic (exact) mass is 302 g/mol. The molecule has 0 spiro atoms. The number of rotatable bonds is 5. The lowest BCUT2D eigenvalue weighted by Gasteiger charge is -2.27. The molecule has 0 unspecified atom stereocenters. The molecule has 0 bridgehead atoms. The Morgan fingerprint density at radius 2 is 1.73 bits per heavy atom. The molecule has 1 aromatic heterocycles. The maximum atomic E-state index is 5.39. The van der Waals surface area contributed by atoms with Crippen molar-refractivity contribution in [3.8, 4) is 5.75 Å². The first-order valence-electron chi connectivity index (χ1n) is 9.14. The molecule has 2 fully saturated rings. The maximum Gasteiger partial charge on any atom is 0.139 e. The molecule has 0 atom stereocenters. The Balaban J connectivity index is 1.71. The molecular weight excluding hydrogens is 272 g/mol. The third-order valence-corrected chi connectivity index (χ3v) is 5.35. The molecule has 122 valence electrons. The fourth-order valence-corrected chi connectivity index (χ4v) is 4.00. The van der Waals surface area contributed by atoms with E-state index >= 15 is 0 Å². The SMILES string of the molecule is COc1cnc(CC2CCCCC2)c(NC2CCCCC2)c1. The molecule has 0 aliphatic heterocycles. The molecule has 22 heavy (non-hydrogen) atoms. The molecule has 1 heterocycles. The average molecular weight is 302 g/mol. The van der Waals surface area contributed by atoms with Gasteiger partial charge in [0.05, 0.1) is 24.7 Å². The standard InChI is InChI=1S/C19H30N2O/c1-22-17-13-19(21-16-10-6-3-7-11-16)18(20-14-17)12-15-8-4-2-5-9-15/h13-16,21H,2-12H2,1H3. The van der Waals surface area contributed by atoms with E-state index in [1.165, 1.54) is 75.6 Å². The number of hydrogen-bond acceptors (Lipinski definition) is 3. The van der Waals surface area contributed by atoms with Crippen LogP contribution in [0.15, 0.2) is 12.3 Å². The molecule has 2 aliphatic rings. The van der Waals surface area contributed by atoms with Crippen molar-refractivity contribution in [2.45, 2.75) is 76.7 Å². The first kappa shape index (κ1) is 15.6. The number of methoxy groups -OCH3 is 1. The number of aromatic nitrogens is 1. The van der Waals surface area contributed by atoms with E-state index in [9.17, 15) is 0 Å². The molecule has 3 heteroatoms. The van der Waals surface area contributed by atoms with E-state index < -0.39 is 0 Å². The zero-order chi connectivity index (χ0) is 15.2. The highest BCUT2D eigenvalue weighted by Gasteiger charge is 2.19. The van der Waals surface area contributed by atoms with Crippen LogP contribution in [0.5, 0.6) is 5.75 Å². The topological polar surface area (TPSA) is 34.1 Å². The molecule has 0 radical (unpaired) electrons. The van der Waals surface area contributed by atoms with Crippen LogP contribution in [-0.4, -0.2) is 18.1 Å². The summed E-state index contributed by atoms with van der Waals surface area (Å²) >= 11 is 0. The Bertz CT molecular complexity index is 463. The highest BCUT2D eigenvalue weighted by molar-refractivity contribution is 5.52. The van der Waals surface area contributed by atoms with Crippen LogP contribution in [0.25, 0.3) is 0 Å². The third-order valence-electron chi connectivity index (χ3n) is 5.35. The van der Waals surface area contributed by atoms with E-state index in [0.29, 0.717) is 6.04 Å². The highest BCUT2D eigenvalue weighted by Crippen LogP contribution is 2.31. The van der Waals surface area contributed by atoms with E-state index in [0.717, 1.165) is 18.1 Å². The Morgan fingerprint density at radius 3 is 2.41 bits per heavy atom. The van der Waals surface area contributed by atoms with Gasteiger partial charge in [0.1, 0.15) is 5.75 Å². The fourth-order valence-electron chi connectivity index (χ4n) is 4.00. The second-order valence-electron chi connectivity index (χ2n) is 7.06. The van der Waals surface area contributed by atoms with Crippen molar-refractivity contribution in [2.24, 2.45) is 5.92 Å². The van der Waals surface area contributed by atoms with Crippen LogP contribution in [0.3, 0.4) is 0 Å². The summed E-state index contributed by atoms with van der Waals surface area (Å²) in [7, 11) is 1.72. The lowest BCUT2D eigenvalue weighted by atomic mass is 9.85. The van der Waals surface area contributed by atoms with Crippen LogP contribution in [-0.2, 0) is 6.42 Å². The van der Waals surface area contributed by atoms with Gasteiger partial charge in [-0.25, -0.2) is 0 Å². The number of anilines is 1. The minimum absolute atomic E-state index is 0.618. The van der Waals surface area contributed by atoms with Crippen molar-refractivity contribution in [3.05, 3.63) is 18.0 Å². The summed E-state index contributed by atoms with van der Waals surface area (Å²) in [4.78, 5) is 4.72. The Kier molecular flexibility index (Phi) is 5.58. The molecule has 0 amide bonds. The van der Waals surface area contributed by atoms with Gasteiger partial charge in [-0.3, -0.25) is 4.98 Å². The van der Waals surface area contributed by atoms with Crippen LogP contribution in [0.2, 0.25) is 0 Å². The molecular formula is C19H30N2O. The van der Waals surface area contributed by atoms with Crippen LogP contribution in [0.1, 0.15) is 69.9 Å². The predicted octanol–water partition coefficient (Wildman–Crippen LogP) is 4.96. The minimum Gasteiger partial charge on any atom is -0.495 e. The second-order valence-corrected chi connectivity index (χ2v) is 7.06. The number of ether oxygens (including phenoxy) is 1. The van der Waals surface area contributed by atoms with Crippen LogP contribution >= 0.6 is 0 Å². The minimum atomic E-state index is 0.618. The average Bonchev–Trinajstić information content (AvgIpc) is 2.58. The molecule has 1 aromatic rings. The van der Waals surface area contributed by atoms with Gasteiger partial charge in [0.2, 0.25) is 0 Å². The summed E-state index contributed by atoms with van der Waals surface area (Å²) < 4.78 is 5.39. The molecule has 0 aromatic carbocycles. The number of hydrogen-bond donors (Lipinski definition) is 1. The summed E-state index contributed by atoms with van der Waals surface area (Å²) in [6, 6.07) is 2.77. The lowest BCUT2D eigenvalue weighted by molar-refractivity contribution is 0.354. The normalized spacial score (nSPS) is 20.8. The van der Waals surface area contributed by atoms with Crippen molar-refractivity contribution in [1.29, 1.82) is 0 Å². The molecule has 1 N–H and O–H groups in total. The first-order valence-corrected chi connectivity index (χ1v) is 9.14. The first-order chi connectivity index (χ1) is 10.8. The van der Waals surface area contributed by atoms with Gasteiger partial charge >= 0.3 is 0 Å². The van der Waals surface area contributed by atoms with Crippen LogP contribution in [0.4, 0.5) is 5.69 Å². The maximum absolute atomic E-state index is 5.39. The summed E-state index contributed by atoms with van der Waals surface area (Å²) in [5.41, 5.74) is 2.47. The number of nitrogens with zero attached hydrogens (tertiary/aromatic N) is 1. The zero-order valence-corrected chi connectivity index (χ0v) is 13.9. The van der Waals surface area contributed by atoms with E-state index in [2.05, 4.69) is 11.4 Å². The van der Waals surface area contributed by atoms with Gasteiger partial charge in [-0.2, -0.15) is 0 Å². The predicted molar refractivity (Wildman–Crippen MR) is 91.6 cm³/mol.